The first kappa shape index (κ1) is 22.3. The SMILES string of the molecule is CCCCCCCC.CCCCCCCCCCCC. The normalized spacial score (nSPS) is 10.2. The molecule has 0 fully saturated rings. The van der Waals surface area contributed by atoms with Crippen LogP contribution in [0.1, 0.15) is 130 Å². The van der Waals surface area contributed by atoms with E-state index < -0.39 is 0 Å². The first-order chi connectivity index (χ1) is 9.83. The van der Waals surface area contributed by atoms with Gasteiger partial charge >= 0.3 is 0 Å². The van der Waals surface area contributed by atoms with Gasteiger partial charge in [0.15, 0.2) is 0 Å². The minimum Gasteiger partial charge on any atom is -0.0654 e. The molecule has 0 N–H and O–H groups in total. The predicted octanol–water partition coefficient (Wildman–Crippen LogP) is 8.29. The van der Waals surface area contributed by atoms with Crippen molar-refractivity contribution in [1.82, 2.24) is 0 Å². The second-order valence-electron chi connectivity index (χ2n) is 6.24. The van der Waals surface area contributed by atoms with Crippen molar-refractivity contribution >= 4 is 0 Å². The number of rotatable bonds is 14. The molecule has 0 bridgehead atoms. The van der Waals surface area contributed by atoms with Crippen molar-refractivity contribution in [3.05, 3.63) is 0 Å². The lowest BCUT2D eigenvalue weighted by Crippen LogP contribution is -1.80. The summed E-state index contributed by atoms with van der Waals surface area (Å²) in [5.74, 6) is 0. The lowest BCUT2D eigenvalue weighted by Gasteiger charge is -1.99. The van der Waals surface area contributed by atoms with Crippen LogP contribution in [0.3, 0.4) is 0 Å². The van der Waals surface area contributed by atoms with Gasteiger partial charge in [-0.25, -0.2) is 0 Å². The van der Waals surface area contributed by atoms with Gasteiger partial charge in [-0.3, -0.25) is 0 Å². The van der Waals surface area contributed by atoms with Gasteiger partial charge in [-0.15, -0.1) is 0 Å². The first-order valence-electron chi connectivity index (χ1n) is 9.83. The molecule has 0 radical (unpaired) electrons. The Labute approximate surface area is 131 Å². The zero-order valence-electron chi connectivity index (χ0n) is 15.3. The van der Waals surface area contributed by atoms with E-state index in [9.17, 15) is 0 Å². The van der Waals surface area contributed by atoms with Crippen molar-refractivity contribution in [2.24, 2.45) is 0 Å². The molecule has 0 aliphatic heterocycles. The number of hydrogen-bond acceptors (Lipinski definition) is 0. The lowest BCUT2D eigenvalue weighted by molar-refractivity contribution is 0.562. The zero-order chi connectivity index (χ0) is 15.3. The van der Waals surface area contributed by atoms with Gasteiger partial charge < -0.3 is 0 Å². The van der Waals surface area contributed by atoms with Crippen molar-refractivity contribution < 1.29 is 0 Å². The topological polar surface area (TPSA) is 0 Å². The maximum atomic E-state index is 2.28. The summed E-state index contributed by atoms with van der Waals surface area (Å²) in [6.45, 7) is 9.07. The van der Waals surface area contributed by atoms with Gasteiger partial charge in [-0.1, -0.05) is 130 Å². The molecule has 124 valence electrons. The summed E-state index contributed by atoms with van der Waals surface area (Å²) >= 11 is 0. The van der Waals surface area contributed by atoms with Crippen LogP contribution in [0.4, 0.5) is 0 Å². The van der Waals surface area contributed by atoms with Gasteiger partial charge in [0.2, 0.25) is 0 Å². The van der Waals surface area contributed by atoms with E-state index in [0.29, 0.717) is 0 Å². The fourth-order valence-electron chi connectivity index (χ4n) is 2.41. The maximum Gasteiger partial charge on any atom is -0.0533 e. The molecular weight excluding hydrogens is 240 g/mol. The quantitative estimate of drug-likeness (QED) is 0.281. The molecule has 0 amide bonds. The van der Waals surface area contributed by atoms with Crippen LogP contribution in [0.2, 0.25) is 0 Å². The maximum absolute atomic E-state index is 2.28. The van der Waals surface area contributed by atoms with E-state index in [1.165, 1.54) is 103 Å². The van der Waals surface area contributed by atoms with E-state index in [2.05, 4.69) is 27.7 Å². The van der Waals surface area contributed by atoms with Crippen molar-refractivity contribution in [2.75, 3.05) is 0 Å². The second kappa shape index (κ2) is 24.0. The summed E-state index contributed by atoms with van der Waals surface area (Å²) in [6.07, 6.45) is 22.9. The molecule has 0 saturated heterocycles. The molecule has 0 rings (SSSR count). The number of unbranched alkanes of at least 4 members (excludes halogenated alkanes) is 14. The summed E-state index contributed by atoms with van der Waals surface area (Å²) in [4.78, 5) is 0. The van der Waals surface area contributed by atoms with Crippen molar-refractivity contribution in [1.29, 1.82) is 0 Å². The summed E-state index contributed by atoms with van der Waals surface area (Å²) in [5, 5.41) is 0. The molecule has 0 unspecified atom stereocenters. The van der Waals surface area contributed by atoms with Crippen LogP contribution in [-0.2, 0) is 0 Å². The Bertz CT molecular complexity index is 112. The molecule has 0 saturated carbocycles. The van der Waals surface area contributed by atoms with E-state index in [1.807, 2.05) is 0 Å². The highest BCUT2D eigenvalue weighted by atomic mass is 14.0. The van der Waals surface area contributed by atoms with Crippen LogP contribution in [0.25, 0.3) is 0 Å². The summed E-state index contributed by atoms with van der Waals surface area (Å²) < 4.78 is 0. The Balaban J connectivity index is 0. The lowest BCUT2D eigenvalue weighted by atomic mass is 10.1. The number of hydrogen-bond donors (Lipinski definition) is 0. The van der Waals surface area contributed by atoms with Crippen LogP contribution in [0, 0.1) is 0 Å². The molecule has 0 spiro atoms. The average molecular weight is 285 g/mol. The monoisotopic (exact) mass is 284 g/mol. The summed E-state index contributed by atoms with van der Waals surface area (Å²) in [7, 11) is 0. The molecule has 0 aliphatic carbocycles. The summed E-state index contributed by atoms with van der Waals surface area (Å²) in [5.41, 5.74) is 0. The van der Waals surface area contributed by atoms with Crippen molar-refractivity contribution in [3.8, 4) is 0 Å². The molecular formula is C20H44. The van der Waals surface area contributed by atoms with Crippen LogP contribution in [0.15, 0.2) is 0 Å². The Hall–Kier alpha value is 0. The largest absolute Gasteiger partial charge is 0.0654 e. The molecule has 20 heavy (non-hydrogen) atoms. The van der Waals surface area contributed by atoms with E-state index in [4.69, 9.17) is 0 Å². The van der Waals surface area contributed by atoms with E-state index in [1.54, 1.807) is 0 Å². The minimum atomic E-state index is 1.36. The Kier molecular flexibility index (Phi) is 26.8. The minimum absolute atomic E-state index is 1.36. The van der Waals surface area contributed by atoms with Gasteiger partial charge in [-0.2, -0.15) is 0 Å². The third-order valence-corrected chi connectivity index (χ3v) is 3.91. The highest BCUT2D eigenvalue weighted by Gasteiger charge is 1.90. The van der Waals surface area contributed by atoms with Crippen molar-refractivity contribution in [3.63, 3.8) is 0 Å². The van der Waals surface area contributed by atoms with E-state index in [-0.39, 0.29) is 0 Å². The standard InChI is InChI=1S/C12H26.C8H18/c1-3-5-7-9-11-12-10-8-6-4-2;1-3-5-7-8-6-4-2/h3-12H2,1-2H3;3-8H2,1-2H3. The Morgan fingerprint density at radius 3 is 0.550 bits per heavy atom. The van der Waals surface area contributed by atoms with Crippen molar-refractivity contribution in [2.45, 2.75) is 130 Å². The highest BCUT2D eigenvalue weighted by molar-refractivity contribution is 4.45. The fourth-order valence-corrected chi connectivity index (χ4v) is 2.41. The van der Waals surface area contributed by atoms with Crippen LogP contribution >= 0.6 is 0 Å². The molecule has 0 aromatic heterocycles. The van der Waals surface area contributed by atoms with Gasteiger partial charge in [0.25, 0.3) is 0 Å². The van der Waals surface area contributed by atoms with Gasteiger partial charge in [0.1, 0.15) is 0 Å². The first-order valence-corrected chi connectivity index (χ1v) is 9.83. The Morgan fingerprint density at radius 1 is 0.250 bits per heavy atom. The van der Waals surface area contributed by atoms with Crippen LogP contribution < -0.4 is 0 Å². The Morgan fingerprint density at radius 2 is 0.400 bits per heavy atom. The highest BCUT2D eigenvalue weighted by Crippen LogP contribution is 2.09. The van der Waals surface area contributed by atoms with Crippen LogP contribution in [0.5, 0.6) is 0 Å². The molecule has 0 aromatic rings. The molecule has 0 heteroatoms. The third-order valence-electron chi connectivity index (χ3n) is 3.91. The molecule has 0 heterocycles. The molecule has 0 aromatic carbocycles. The second-order valence-corrected chi connectivity index (χ2v) is 6.24. The van der Waals surface area contributed by atoms with E-state index in [0.717, 1.165) is 0 Å². The third kappa shape index (κ3) is 26.5. The van der Waals surface area contributed by atoms with Gasteiger partial charge in [0, 0.05) is 0 Å². The molecule has 0 aliphatic rings. The molecule has 0 nitrogen and oxygen atoms in total. The fraction of sp³-hybridized carbons (Fsp3) is 1.00. The summed E-state index contributed by atoms with van der Waals surface area (Å²) in [6, 6.07) is 0. The zero-order valence-corrected chi connectivity index (χ0v) is 15.3. The van der Waals surface area contributed by atoms with E-state index >= 15 is 0 Å². The predicted molar refractivity (Wildman–Crippen MR) is 96.6 cm³/mol. The van der Waals surface area contributed by atoms with Gasteiger partial charge in [-0.05, 0) is 0 Å². The van der Waals surface area contributed by atoms with Gasteiger partial charge in [0.05, 0.1) is 0 Å². The molecule has 0 atom stereocenters. The smallest absolute Gasteiger partial charge is 0.0533 e. The van der Waals surface area contributed by atoms with Crippen LogP contribution in [-0.4, -0.2) is 0 Å². The average Bonchev–Trinajstić information content (AvgIpc) is 2.47.